The normalized spacial score (nSPS) is 18.8. The molecule has 0 aliphatic carbocycles. The summed E-state index contributed by atoms with van der Waals surface area (Å²) >= 11 is 0. The second kappa shape index (κ2) is 6.57. The van der Waals surface area contributed by atoms with Gasteiger partial charge in [0, 0.05) is 31.4 Å². The van der Waals surface area contributed by atoms with Crippen LogP contribution in [0.5, 0.6) is 5.75 Å². The van der Waals surface area contributed by atoms with Gasteiger partial charge in [-0.05, 0) is 43.7 Å². The lowest BCUT2D eigenvalue weighted by atomic mass is 9.97. The van der Waals surface area contributed by atoms with Crippen molar-refractivity contribution < 1.29 is 4.74 Å². The molecule has 1 aliphatic heterocycles. The summed E-state index contributed by atoms with van der Waals surface area (Å²) in [5.74, 6) is 2.31. The maximum Gasteiger partial charge on any atom is 0.160 e. The lowest BCUT2D eigenvalue weighted by Crippen LogP contribution is -2.35. The van der Waals surface area contributed by atoms with E-state index >= 15 is 0 Å². The van der Waals surface area contributed by atoms with Crippen LogP contribution in [0.4, 0.5) is 0 Å². The quantitative estimate of drug-likeness (QED) is 0.738. The SMILES string of the molecule is COc1cccnc1CN1CCCC(c2nnc3ccccn23)C1. The molecule has 3 aromatic heterocycles. The first-order valence-corrected chi connectivity index (χ1v) is 8.35. The Kier molecular flexibility index (Phi) is 4.13. The van der Waals surface area contributed by atoms with E-state index in [2.05, 4.69) is 24.5 Å². The van der Waals surface area contributed by atoms with Gasteiger partial charge in [-0.15, -0.1) is 10.2 Å². The summed E-state index contributed by atoms with van der Waals surface area (Å²) in [6.07, 6.45) is 6.17. The van der Waals surface area contributed by atoms with Crippen LogP contribution < -0.4 is 4.74 Å². The fraction of sp³-hybridized carbons (Fsp3) is 0.389. The lowest BCUT2D eigenvalue weighted by Gasteiger charge is -2.31. The van der Waals surface area contributed by atoms with Gasteiger partial charge in [-0.25, -0.2) is 0 Å². The highest BCUT2D eigenvalue weighted by Gasteiger charge is 2.26. The first kappa shape index (κ1) is 15.1. The Morgan fingerprint density at radius 1 is 1.21 bits per heavy atom. The van der Waals surface area contributed by atoms with Crippen molar-refractivity contribution in [1.82, 2.24) is 24.5 Å². The number of ether oxygens (including phenoxy) is 1. The van der Waals surface area contributed by atoms with Crippen molar-refractivity contribution >= 4 is 5.65 Å². The Balaban J connectivity index is 1.53. The van der Waals surface area contributed by atoms with Gasteiger partial charge in [0.05, 0.1) is 12.8 Å². The fourth-order valence-electron chi connectivity index (χ4n) is 3.49. The minimum absolute atomic E-state index is 0.394. The van der Waals surface area contributed by atoms with Crippen molar-refractivity contribution in [2.45, 2.75) is 25.3 Å². The Morgan fingerprint density at radius 2 is 2.17 bits per heavy atom. The predicted octanol–water partition coefficient (Wildman–Crippen LogP) is 2.51. The molecule has 0 spiro atoms. The van der Waals surface area contributed by atoms with Crippen molar-refractivity contribution in [1.29, 1.82) is 0 Å². The first-order valence-electron chi connectivity index (χ1n) is 8.35. The van der Waals surface area contributed by atoms with Crippen molar-refractivity contribution in [3.63, 3.8) is 0 Å². The van der Waals surface area contributed by atoms with Gasteiger partial charge in [-0.1, -0.05) is 6.07 Å². The standard InChI is InChI=1S/C18H21N5O/c1-24-16-7-4-9-19-15(16)13-22-10-5-6-14(12-22)18-21-20-17-8-2-3-11-23(17)18/h2-4,7-9,11,14H,5-6,10,12-13H2,1H3. The fourth-order valence-corrected chi connectivity index (χ4v) is 3.49. The van der Waals surface area contributed by atoms with Crippen molar-refractivity contribution in [3.8, 4) is 5.75 Å². The topological polar surface area (TPSA) is 55.5 Å². The third-order valence-corrected chi connectivity index (χ3v) is 4.65. The summed E-state index contributed by atoms with van der Waals surface area (Å²) in [4.78, 5) is 6.92. The van der Waals surface area contributed by atoms with Crippen molar-refractivity contribution in [3.05, 3.63) is 54.2 Å². The molecule has 1 aliphatic rings. The molecule has 6 nitrogen and oxygen atoms in total. The van der Waals surface area contributed by atoms with E-state index in [0.29, 0.717) is 5.92 Å². The summed E-state index contributed by atoms with van der Waals surface area (Å²) in [5.41, 5.74) is 1.91. The smallest absolute Gasteiger partial charge is 0.160 e. The average molecular weight is 323 g/mol. The van der Waals surface area contributed by atoms with Gasteiger partial charge in [0.1, 0.15) is 11.6 Å². The molecular weight excluding hydrogens is 302 g/mol. The number of hydrogen-bond acceptors (Lipinski definition) is 5. The molecule has 0 saturated carbocycles. The molecule has 1 unspecified atom stereocenters. The number of rotatable bonds is 4. The van der Waals surface area contributed by atoms with E-state index < -0.39 is 0 Å². The number of aromatic nitrogens is 4. The number of nitrogens with zero attached hydrogens (tertiary/aromatic N) is 5. The summed E-state index contributed by atoms with van der Waals surface area (Å²) < 4.78 is 7.53. The minimum atomic E-state index is 0.394. The first-order chi connectivity index (χ1) is 11.8. The number of piperidine rings is 1. The predicted molar refractivity (Wildman–Crippen MR) is 91.0 cm³/mol. The van der Waals surface area contributed by atoms with E-state index in [4.69, 9.17) is 4.74 Å². The highest BCUT2D eigenvalue weighted by atomic mass is 16.5. The van der Waals surface area contributed by atoms with Crippen LogP contribution in [0.25, 0.3) is 5.65 Å². The van der Waals surface area contributed by atoms with Gasteiger partial charge < -0.3 is 4.74 Å². The second-order valence-electron chi connectivity index (χ2n) is 6.21. The van der Waals surface area contributed by atoms with Crippen LogP contribution >= 0.6 is 0 Å². The zero-order valence-corrected chi connectivity index (χ0v) is 13.8. The molecule has 4 heterocycles. The van der Waals surface area contributed by atoms with Crippen molar-refractivity contribution in [2.24, 2.45) is 0 Å². The Morgan fingerprint density at radius 3 is 3.08 bits per heavy atom. The summed E-state index contributed by atoms with van der Waals surface area (Å²) in [7, 11) is 1.70. The van der Waals surface area contributed by atoms with Gasteiger partial charge in [-0.3, -0.25) is 14.3 Å². The van der Waals surface area contributed by atoms with Gasteiger partial charge in [-0.2, -0.15) is 0 Å². The second-order valence-corrected chi connectivity index (χ2v) is 6.21. The molecule has 3 aromatic rings. The van der Waals surface area contributed by atoms with E-state index in [0.717, 1.165) is 55.4 Å². The maximum absolute atomic E-state index is 5.43. The lowest BCUT2D eigenvalue weighted by molar-refractivity contribution is 0.192. The van der Waals surface area contributed by atoms with Crippen LogP contribution in [0.2, 0.25) is 0 Å². The molecule has 1 atom stereocenters. The largest absolute Gasteiger partial charge is 0.495 e. The molecule has 4 rings (SSSR count). The molecule has 124 valence electrons. The Bertz CT molecular complexity index is 831. The zero-order valence-electron chi connectivity index (χ0n) is 13.8. The number of fused-ring (bicyclic) bond motifs is 1. The Labute approximate surface area is 141 Å². The molecule has 0 bridgehead atoms. The van der Waals surface area contributed by atoms with Crippen LogP contribution in [-0.4, -0.2) is 44.7 Å². The molecule has 24 heavy (non-hydrogen) atoms. The third-order valence-electron chi connectivity index (χ3n) is 4.65. The molecular formula is C18H21N5O. The van der Waals surface area contributed by atoms with E-state index in [1.165, 1.54) is 0 Å². The van der Waals surface area contributed by atoms with Crippen LogP contribution in [0.15, 0.2) is 42.7 Å². The number of pyridine rings is 2. The summed E-state index contributed by atoms with van der Waals surface area (Å²) in [5, 5.41) is 8.73. The van der Waals surface area contributed by atoms with E-state index in [9.17, 15) is 0 Å². The molecule has 0 aromatic carbocycles. The van der Waals surface area contributed by atoms with Gasteiger partial charge in [0.2, 0.25) is 0 Å². The monoisotopic (exact) mass is 323 g/mol. The van der Waals surface area contributed by atoms with Crippen LogP contribution in [0, 0.1) is 0 Å². The van der Waals surface area contributed by atoms with Crippen LogP contribution in [0.3, 0.4) is 0 Å². The van der Waals surface area contributed by atoms with E-state index in [1.54, 1.807) is 7.11 Å². The number of likely N-dealkylation sites (tertiary alicyclic amines) is 1. The van der Waals surface area contributed by atoms with E-state index in [-0.39, 0.29) is 0 Å². The van der Waals surface area contributed by atoms with Gasteiger partial charge in [0.25, 0.3) is 0 Å². The molecule has 1 saturated heterocycles. The molecule has 0 N–H and O–H groups in total. The number of methoxy groups -OCH3 is 1. The van der Waals surface area contributed by atoms with E-state index in [1.807, 2.05) is 42.7 Å². The van der Waals surface area contributed by atoms with Crippen LogP contribution in [0.1, 0.15) is 30.3 Å². The summed E-state index contributed by atoms with van der Waals surface area (Å²) in [6.45, 7) is 2.85. The van der Waals surface area contributed by atoms with Crippen LogP contribution in [-0.2, 0) is 6.54 Å². The zero-order chi connectivity index (χ0) is 16.4. The average Bonchev–Trinajstić information content (AvgIpc) is 3.06. The third kappa shape index (κ3) is 2.85. The minimum Gasteiger partial charge on any atom is -0.495 e. The maximum atomic E-state index is 5.43. The highest BCUT2D eigenvalue weighted by Crippen LogP contribution is 2.28. The molecule has 1 fully saturated rings. The summed E-state index contributed by atoms with van der Waals surface area (Å²) in [6, 6.07) is 9.89. The highest BCUT2D eigenvalue weighted by molar-refractivity contribution is 5.37. The molecule has 0 amide bonds. The molecule has 0 radical (unpaired) electrons. The Hall–Kier alpha value is -2.47. The number of hydrogen-bond donors (Lipinski definition) is 0. The molecule has 6 heteroatoms. The van der Waals surface area contributed by atoms with Gasteiger partial charge >= 0.3 is 0 Å². The van der Waals surface area contributed by atoms with Gasteiger partial charge in [0.15, 0.2) is 5.65 Å². The van der Waals surface area contributed by atoms with Crippen molar-refractivity contribution in [2.75, 3.05) is 20.2 Å².